The quantitative estimate of drug-likeness (QED) is 0.863. The third-order valence-electron chi connectivity index (χ3n) is 4.52. The Hall–Kier alpha value is -1.55. The molecule has 0 bridgehead atoms. The van der Waals surface area contributed by atoms with Crippen molar-refractivity contribution in [3.63, 3.8) is 0 Å². The minimum atomic E-state index is -0.0369. The van der Waals surface area contributed by atoms with Gasteiger partial charge in [-0.25, -0.2) is 0 Å². The van der Waals surface area contributed by atoms with Gasteiger partial charge in [-0.3, -0.25) is 4.79 Å². The number of nitrogens with one attached hydrogen (secondary N) is 1. The summed E-state index contributed by atoms with van der Waals surface area (Å²) >= 11 is 0. The van der Waals surface area contributed by atoms with E-state index >= 15 is 0 Å². The Morgan fingerprint density at radius 3 is 2.86 bits per heavy atom. The van der Waals surface area contributed by atoms with Gasteiger partial charge in [0.05, 0.1) is 24.7 Å². The molecule has 2 aliphatic heterocycles. The molecule has 0 aliphatic carbocycles. The zero-order valence-corrected chi connectivity index (χ0v) is 13.0. The summed E-state index contributed by atoms with van der Waals surface area (Å²) in [5, 5.41) is 3.47. The Bertz CT molecular complexity index is 531. The summed E-state index contributed by atoms with van der Waals surface area (Å²) in [6, 6.07) is 8.66. The first-order chi connectivity index (χ1) is 10.1. The van der Waals surface area contributed by atoms with E-state index in [2.05, 4.69) is 31.3 Å². The van der Waals surface area contributed by atoms with Gasteiger partial charge in [-0.1, -0.05) is 18.2 Å². The molecule has 1 saturated heterocycles. The molecule has 0 aromatic heterocycles. The molecule has 0 saturated carbocycles. The zero-order chi connectivity index (χ0) is 15.0. The lowest BCUT2D eigenvalue weighted by atomic mass is 9.86. The molecule has 1 N–H and O–H groups in total. The molecular formula is C17H24N2O2. The highest BCUT2D eigenvalue weighted by molar-refractivity contribution is 5.87. The first-order valence-electron chi connectivity index (χ1n) is 7.83. The lowest BCUT2D eigenvalue weighted by Crippen LogP contribution is -2.52. The molecular weight excluding hydrogens is 264 g/mol. The Balaban J connectivity index is 1.87. The Labute approximate surface area is 126 Å². The van der Waals surface area contributed by atoms with Crippen LogP contribution < -0.4 is 5.32 Å². The average Bonchev–Trinajstić information content (AvgIpc) is 2.48. The molecule has 1 aromatic carbocycles. The maximum absolute atomic E-state index is 13.1. The van der Waals surface area contributed by atoms with Gasteiger partial charge in [-0.2, -0.15) is 0 Å². The number of ether oxygens (including phenoxy) is 1. The minimum Gasteiger partial charge on any atom is -0.382 e. The number of nitrogens with zero attached hydrogens (tertiary/aromatic N) is 1. The van der Waals surface area contributed by atoms with Gasteiger partial charge in [0, 0.05) is 18.3 Å². The normalized spacial score (nSPS) is 32.2. The standard InChI is InChI=1S/C17H24N2O2/c1-11-8-15(14-6-4-5-7-16(14)18-11)17(20)19-9-13(3)21-10-12(19)2/h4-7,11-13,15,18H,8-10H2,1-3H3. The van der Waals surface area contributed by atoms with Crippen LogP contribution in [0.1, 0.15) is 38.7 Å². The fraction of sp³-hybridized carbons (Fsp3) is 0.588. The van der Waals surface area contributed by atoms with Crippen molar-refractivity contribution < 1.29 is 9.53 Å². The largest absolute Gasteiger partial charge is 0.382 e. The second kappa shape index (κ2) is 5.68. The number of carbonyl (C=O) groups is 1. The number of benzene rings is 1. The molecule has 4 unspecified atom stereocenters. The topological polar surface area (TPSA) is 41.6 Å². The molecule has 0 radical (unpaired) electrons. The Morgan fingerprint density at radius 1 is 1.29 bits per heavy atom. The van der Waals surface area contributed by atoms with E-state index in [0.717, 1.165) is 17.7 Å². The molecule has 3 rings (SSSR count). The van der Waals surface area contributed by atoms with Gasteiger partial charge >= 0.3 is 0 Å². The van der Waals surface area contributed by atoms with Crippen LogP contribution in [0.25, 0.3) is 0 Å². The Kier molecular flexibility index (Phi) is 3.89. The summed E-state index contributed by atoms with van der Waals surface area (Å²) in [7, 11) is 0. The van der Waals surface area contributed by atoms with Gasteiger partial charge in [0.1, 0.15) is 0 Å². The molecule has 4 nitrogen and oxygen atoms in total. The maximum atomic E-state index is 13.1. The molecule has 1 amide bonds. The van der Waals surface area contributed by atoms with E-state index in [0.29, 0.717) is 19.2 Å². The predicted molar refractivity (Wildman–Crippen MR) is 83.5 cm³/mol. The summed E-state index contributed by atoms with van der Waals surface area (Å²) in [6.07, 6.45) is 0.980. The van der Waals surface area contributed by atoms with Crippen molar-refractivity contribution in [1.82, 2.24) is 4.90 Å². The monoisotopic (exact) mass is 288 g/mol. The summed E-state index contributed by atoms with van der Waals surface area (Å²) in [5.41, 5.74) is 2.23. The van der Waals surface area contributed by atoms with Gasteiger partial charge in [-0.15, -0.1) is 0 Å². The van der Waals surface area contributed by atoms with Gasteiger partial charge in [0.2, 0.25) is 5.91 Å². The van der Waals surface area contributed by atoms with Crippen molar-refractivity contribution >= 4 is 11.6 Å². The fourth-order valence-electron chi connectivity index (χ4n) is 3.38. The highest BCUT2D eigenvalue weighted by atomic mass is 16.5. The first kappa shape index (κ1) is 14.4. The first-order valence-corrected chi connectivity index (χ1v) is 7.83. The summed E-state index contributed by atoms with van der Waals surface area (Å²) in [6.45, 7) is 7.57. The van der Waals surface area contributed by atoms with Crippen molar-refractivity contribution in [3.05, 3.63) is 29.8 Å². The van der Waals surface area contributed by atoms with Crippen molar-refractivity contribution in [3.8, 4) is 0 Å². The van der Waals surface area contributed by atoms with Crippen LogP contribution in [-0.2, 0) is 9.53 Å². The van der Waals surface area contributed by atoms with Crippen LogP contribution >= 0.6 is 0 Å². The summed E-state index contributed by atoms with van der Waals surface area (Å²) in [4.78, 5) is 15.1. The molecule has 21 heavy (non-hydrogen) atoms. The highest BCUT2D eigenvalue weighted by Gasteiger charge is 2.36. The van der Waals surface area contributed by atoms with E-state index in [1.165, 1.54) is 0 Å². The molecule has 4 atom stereocenters. The number of morpholine rings is 1. The number of amides is 1. The molecule has 2 aliphatic rings. The van der Waals surface area contributed by atoms with Gasteiger partial charge in [0.25, 0.3) is 0 Å². The van der Waals surface area contributed by atoms with Gasteiger partial charge in [-0.05, 0) is 38.8 Å². The molecule has 114 valence electrons. The van der Waals surface area contributed by atoms with Crippen molar-refractivity contribution in [2.45, 2.75) is 51.3 Å². The summed E-state index contributed by atoms with van der Waals surface area (Å²) in [5.74, 6) is 0.212. The fourth-order valence-corrected chi connectivity index (χ4v) is 3.38. The number of carbonyl (C=O) groups excluding carboxylic acids is 1. The number of hydrogen-bond donors (Lipinski definition) is 1. The van der Waals surface area contributed by atoms with Crippen molar-refractivity contribution in [1.29, 1.82) is 0 Å². The van der Waals surface area contributed by atoms with E-state index < -0.39 is 0 Å². The van der Waals surface area contributed by atoms with E-state index in [1.54, 1.807) is 0 Å². The maximum Gasteiger partial charge on any atom is 0.230 e. The van der Waals surface area contributed by atoms with Crippen LogP contribution in [0.2, 0.25) is 0 Å². The van der Waals surface area contributed by atoms with Crippen molar-refractivity contribution in [2.24, 2.45) is 0 Å². The predicted octanol–water partition coefficient (Wildman–Crippen LogP) is 2.61. The van der Waals surface area contributed by atoms with Gasteiger partial charge in [0.15, 0.2) is 0 Å². The van der Waals surface area contributed by atoms with Crippen LogP contribution in [0.5, 0.6) is 0 Å². The summed E-state index contributed by atoms with van der Waals surface area (Å²) < 4.78 is 5.64. The molecule has 1 aromatic rings. The van der Waals surface area contributed by atoms with Gasteiger partial charge < -0.3 is 15.0 Å². The Morgan fingerprint density at radius 2 is 2.05 bits per heavy atom. The number of fused-ring (bicyclic) bond motifs is 1. The van der Waals surface area contributed by atoms with E-state index in [9.17, 15) is 4.79 Å². The highest BCUT2D eigenvalue weighted by Crippen LogP contribution is 2.36. The SMILES string of the molecule is CC1CC(C(=O)N2CC(C)OCC2C)c2ccccc2N1. The van der Waals surface area contributed by atoms with E-state index in [1.807, 2.05) is 24.0 Å². The van der Waals surface area contributed by atoms with Crippen LogP contribution in [-0.4, -0.2) is 42.1 Å². The average molecular weight is 288 g/mol. The number of para-hydroxylation sites is 1. The minimum absolute atomic E-state index is 0.0369. The van der Waals surface area contributed by atoms with Crippen LogP contribution in [0.4, 0.5) is 5.69 Å². The second-order valence-electron chi connectivity index (χ2n) is 6.40. The molecule has 4 heteroatoms. The molecule has 2 heterocycles. The smallest absolute Gasteiger partial charge is 0.230 e. The van der Waals surface area contributed by atoms with Crippen LogP contribution in [0.15, 0.2) is 24.3 Å². The van der Waals surface area contributed by atoms with Crippen molar-refractivity contribution in [2.75, 3.05) is 18.5 Å². The number of rotatable bonds is 1. The molecule has 1 fully saturated rings. The van der Waals surface area contributed by atoms with Crippen LogP contribution in [0.3, 0.4) is 0 Å². The molecule has 0 spiro atoms. The lowest BCUT2D eigenvalue weighted by molar-refractivity contribution is -0.145. The lowest BCUT2D eigenvalue weighted by Gasteiger charge is -2.40. The van der Waals surface area contributed by atoms with E-state index in [-0.39, 0.29) is 24.0 Å². The third-order valence-corrected chi connectivity index (χ3v) is 4.52. The van der Waals surface area contributed by atoms with E-state index in [4.69, 9.17) is 4.74 Å². The number of anilines is 1. The van der Waals surface area contributed by atoms with Crippen LogP contribution in [0, 0.1) is 0 Å². The third kappa shape index (κ3) is 2.77. The zero-order valence-electron chi connectivity index (χ0n) is 13.0. The second-order valence-corrected chi connectivity index (χ2v) is 6.40. The number of hydrogen-bond acceptors (Lipinski definition) is 3.